The predicted molar refractivity (Wildman–Crippen MR) is 189 cm³/mol. The first kappa shape index (κ1) is 36.0. The van der Waals surface area contributed by atoms with Crippen LogP contribution in [0, 0.1) is 6.92 Å². The number of fused-ring (bicyclic) bond motifs is 1. The highest BCUT2D eigenvalue weighted by molar-refractivity contribution is 8.01. The molecule has 0 aliphatic carbocycles. The van der Waals surface area contributed by atoms with Gasteiger partial charge < -0.3 is 30.4 Å². The first-order valence-electron chi connectivity index (χ1n) is 14.6. The van der Waals surface area contributed by atoms with E-state index in [1.165, 1.54) is 40.2 Å². The van der Waals surface area contributed by atoms with Crippen LogP contribution in [-0.2, 0) is 24.0 Å². The number of carbonyl (C=O) groups excluding carboxylic acids is 4. The lowest BCUT2D eigenvalue weighted by Crippen LogP contribution is -2.71. The first-order chi connectivity index (χ1) is 24.7. The molecular weight excluding hydrogens is 766 g/mol. The van der Waals surface area contributed by atoms with E-state index >= 15 is 0 Å². The lowest BCUT2D eigenvalue weighted by molar-refractivity contribution is -0.150. The molecule has 17 nitrogen and oxygen atoms in total. The van der Waals surface area contributed by atoms with Gasteiger partial charge in [-0.15, -0.1) is 33.3 Å². The Balaban J connectivity index is 1.12. The molecular formula is C29H24ClN9O8S4. The van der Waals surface area contributed by atoms with Crippen LogP contribution in [0.25, 0.3) is 11.3 Å². The molecule has 2 aliphatic heterocycles. The van der Waals surface area contributed by atoms with Crippen molar-refractivity contribution in [3.63, 3.8) is 0 Å². The summed E-state index contributed by atoms with van der Waals surface area (Å²) in [5.41, 5.74) is 2.68. The number of anilines is 1. The Bertz CT molecular complexity index is 2050. The number of aromatic nitrogens is 4. The second-order valence-electron chi connectivity index (χ2n) is 10.4. The van der Waals surface area contributed by atoms with E-state index in [2.05, 4.69) is 41.4 Å². The number of thioether (sulfide) groups is 2. The Morgan fingerprint density at radius 1 is 1.27 bits per heavy atom. The number of hydrogen-bond acceptors (Lipinski definition) is 16. The number of carboxylic acid groups (broad SMARTS) is 1. The molecule has 4 N–H and O–H groups in total. The van der Waals surface area contributed by atoms with Gasteiger partial charge >= 0.3 is 5.97 Å². The van der Waals surface area contributed by atoms with E-state index in [1.54, 1.807) is 36.7 Å². The number of nitrogens with zero attached hydrogens (tertiary/aromatic N) is 6. The number of nitrogens with one attached hydrogen (secondary N) is 3. The van der Waals surface area contributed by atoms with Gasteiger partial charge in [0.05, 0.1) is 11.6 Å². The van der Waals surface area contributed by atoms with Crippen molar-refractivity contribution in [3.8, 4) is 11.3 Å². The van der Waals surface area contributed by atoms with Gasteiger partial charge in [0.15, 0.2) is 15.2 Å². The fraction of sp³-hybridized carbons (Fsp3) is 0.241. The van der Waals surface area contributed by atoms with Crippen LogP contribution in [0.1, 0.15) is 21.8 Å². The maximum Gasteiger partial charge on any atom is 0.352 e. The number of hydrogen-bond donors (Lipinski definition) is 4. The summed E-state index contributed by atoms with van der Waals surface area (Å²) in [7, 11) is 0. The molecule has 0 spiro atoms. The molecule has 2 atom stereocenters. The van der Waals surface area contributed by atoms with Crippen molar-refractivity contribution in [3.05, 3.63) is 68.5 Å². The molecule has 264 valence electrons. The van der Waals surface area contributed by atoms with E-state index in [4.69, 9.17) is 21.0 Å². The van der Waals surface area contributed by atoms with E-state index < -0.39 is 35.1 Å². The SMILES string of the molecule is Cc1onc(-c2ccccc2Cl)c1C(=O)NCCON=C(C(=O)NC1C(=O)N2C(C(=O)O)=C(CSc3nncs3)CS[C@@H]12)c1csc(NC=O)n1. The van der Waals surface area contributed by atoms with E-state index in [-0.39, 0.29) is 52.4 Å². The van der Waals surface area contributed by atoms with Gasteiger partial charge in [-0.1, -0.05) is 63.2 Å². The number of carboxylic acids is 1. The molecule has 1 fully saturated rings. The van der Waals surface area contributed by atoms with Gasteiger partial charge in [0.2, 0.25) is 6.41 Å². The lowest BCUT2D eigenvalue weighted by Gasteiger charge is -2.49. The minimum atomic E-state index is -1.26. The molecule has 5 heterocycles. The molecule has 4 aromatic rings. The third kappa shape index (κ3) is 7.76. The molecule has 1 saturated heterocycles. The van der Waals surface area contributed by atoms with Gasteiger partial charge in [-0.3, -0.25) is 24.1 Å². The fourth-order valence-corrected chi connectivity index (χ4v) is 8.82. The van der Waals surface area contributed by atoms with Crippen molar-refractivity contribution in [2.45, 2.75) is 22.7 Å². The Labute approximate surface area is 309 Å². The van der Waals surface area contributed by atoms with Gasteiger partial charge in [-0.05, 0) is 18.6 Å². The van der Waals surface area contributed by atoms with Gasteiger partial charge in [-0.25, -0.2) is 9.78 Å². The summed E-state index contributed by atoms with van der Waals surface area (Å²) >= 11 is 11.3. The number of halogens is 1. The normalized spacial score (nSPS) is 17.0. The average molecular weight is 790 g/mol. The Hall–Kier alpha value is -4.83. The largest absolute Gasteiger partial charge is 0.477 e. The van der Waals surface area contributed by atoms with Crippen molar-refractivity contribution in [1.82, 2.24) is 35.9 Å². The van der Waals surface area contributed by atoms with Crippen molar-refractivity contribution in [1.29, 1.82) is 0 Å². The van der Waals surface area contributed by atoms with Gasteiger partial charge in [0, 0.05) is 22.4 Å². The molecule has 0 bridgehead atoms. The number of β-lactam (4-membered cyclic amide) rings is 1. The molecule has 3 aromatic heterocycles. The summed E-state index contributed by atoms with van der Waals surface area (Å²) in [4.78, 5) is 73.8. The molecule has 4 amide bonds. The number of aryl methyl sites for hydroxylation is 1. The van der Waals surface area contributed by atoms with Crippen LogP contribution in [0.3, 0.4) is 0 Å². The van der Waals surface area contributed by atoms with Crippen molar-refractivity contribution in [2.24, 2.45) is 5.16 Å². The lowest BCUT2D eigenvalue weighted by atomic mass is 10.0. The Morgan fingerprint density at radius 3 is 2.84 bits per heavy atom. The van der Waals surface area contributed by atoms with Gasteiger partial charge in [0.25, 0.3) is 17.7 Å². The summed E-state index contributed by atoms with van der Waals surface area (Å²) in [5.74, 6) is -2.32. The summed E-state index contributed by atoms with van der Waals surface area (Å²) in [6, 6.07) is 5.80. The topological polar surface area (TPSA) is 231 Å². The van der Waals surface area contributed by atoms with Crippen LogP contribution in [-0.4, -0.2) is 102 Å². The smallest absolute Gasteiger partial charge is 0.352 e. The van der Waals surface area contributed by atoms with Crippen LogP contribution < -0.4 is 16.0 Å². The molecule has 1 unspecified atom stereocenters. The maximum absolute atomic E-state index is 13.5. The van der Waals surface area contributed by atoms with E-state index in [9.17, 15) is 29.1 Å². The number of benzene rings is 1. The summed E-state index contributed by atoms with van der Waals surface area (Å²) < 4.78 is 5.91. The third-order valence-corrected chi connectivity index (χ3v) is 11.6. The number of thiazole rings is 1. The third-order valence-electron chi connectivity index (χ3n) is 7.24. The standard InChI is InChI=1S/C29H24ClN9O8S4/c1-13-18(19(38-47-13)15-4-2-3-5-16(15)30)23(41)31-6-7-46-37-20(17-10-49-28(34-17)32-11-40)24(42)35-21-25(43)39-22(27(44)45)14(8-48-26(21)39)9-50-29-36-33-12-51-29/h2-5,10-12,21,26H,6-9H2,1H3,(H,31,41)(H,35,42)(H,44,45)(H,32,34,40)/t21?,26-/m0/s1. The number of carbonyl (C=O) groups is 5. The molecule has 0 saturated carbocycles. The number of amides is 4. The number of aliphatic carboxylic acids is 1. The quantitative estimate of drug-likeness (QED) is 0.0339. The maximum atomic E-state index is 13.5. The predicted octanol–water partition coefficient (Wildman–Crippen LogP) is 2.86. The molecule has 22 heteroatoms. The Kier molecular flexibility index (Phi) is 11.3. The number of rotatable bonds is 15. The van der Waals surface area contributed by atoms with Crippen molar-refractivity contribution >= 4 is 98.7 Å². The minimum absolute atomic E-state index is 0.0393. The first-order valence-corrected chi connectivity index (χ1v) is 18.8. The second kappa shape index (κ2) is 16.0. The Morgan fingerprint density at radius 2 is 2.10 bits per heavy atom. The zero-order valence-corrected chi connectivity index (χ0v) is 30.0. The zero-order valence-electron chi connectivity index (χ0n) is 26.0. The molecule has 0 radical (unpaired) electrons. The van der Waals surface area contributed by atoms with Crippen LogP contribution in [0.4, 0.5) is 5.13 Å². The second-order valence-corrected chi connectivity index (χ2v) is 14.8. The van der Waals surface area contributed by atoms with Crippen molar-refractivity contribution in [2.75, 3.05) is 30.0 Å². The van der Waals surface area contributed by atoms with E-state index in [0.29, 0.717) is 38.4 Å². The van der Waals surface area contributed by atoms with Crippen LogP contribution in [0.5, 0.6) is 0 Å². The molecule has 6 rings (SSSR count). The highest BCUT2D eigenvalue weighted by atomic mass is 35.5. The highest BCUT2D eigenvalue weighted by Gasteiger charge is 2.54. The molecule has 1 aromatic carbocycles. The zero-order chi connectivity index (χ0) is 36.1. The highest BCUT2D eigenvalue weighted by Crippen LogP contribution is 2.42. The van der Waals surface area contributed by atoms with Crippen LogP contribution >= 0.6 is 57.8 Å². The summed E-state index contributed by atoms with van der Waals surface area (Å²) in [6.07, 6.45) is 0.420. The van der Waals surface area contributed by atoms with Gasteiger partial charge in [0.1, 0.15) is 51.9 Å². The van der Waals surface area contributed by atoms with E-state index in [0.717, 1.165) is 16.2 Å². The number of oxime groups is 1. The average Bonchev–Trinajstić information content (AvgIpc) is 3.89. The summed E-state index contributed by atoms with van der Waals surface area (Å²) in [6.45, 7) is 1.36. The van der Waals surface area contributed by atoms with Crippen LogP contribution in [0.2, 0.25) is 5.02 Å². The minimum Gasteiger partial charge on any atom is -0.477 e. The molecule has 51 heavy (non-hydrogen) atoms. The van der Waals surface area contributed by atoms with E-state index in [1.807, 2.05) is 0 Å². The molecule has 2 aliphatic rings. The summed E-state index contributed by atoms with van der Waals surface area (Å²) in [5, 5.41) is 34.7. The van der Waals surface area contributed by atoms with Gasteiger partial charge in [-0.2, -0.15) is 0 Å². The van der Waals surface area contributed by atoms with Crippen molar-refractivity contribution < 1.29 is 38.4 Å². The van der Waals surface area contributed by atoms with Crippen LogP contribution in [0.15, 0.2) is 60.4 Å². The monoisotopic (exact) mass is 789 g/mol. The fourth-order valence-electron chi connectivity index (χ4n) is 4.97.